The lowest BCUT2D eigenvalue weighted by molar-refractivity contribution is 0.397. The summed E-state index contributed by atoms with van der Waals surface area (Å²) in [6.07, 6.45) is 0. The van der Waals surface area contributed by atoms with Gasteiger partial charge in [-0.3, -0.25) is 0 Å². The molecule has 4 N–H and O–H groups in total. The van der Waals surface area contributed by atoms with Crippen molar-refractivity contribution in [3.8, 4) is 0 Å². The van der Waals surface area contributed by atoms with Crippen LogP contribution in [0.2, 0.25) is 0 Å². The van der Waals surface area contributed by atoms with Crippen LogP contribution in [0.1, 0.15) is 6.92 Å². The molecule has 6 heteroatoms. The lowest BCUT2D eigenvalue weighted by Gasteiger charge is -2.04. The molecule has 0 heterocycles. The molecule has 0 aromatic carbocycles. The minimum atomic E-state index is -3.88. The zero-order chi connectivity index (χ0) is 7.49. The van der Waals surface area contributed by atoms with E-state index in [-0.39, 0.29) is 6.04 Å². The van der Waals surface area contributed by atoms with E-state index in [1.807, 2.05) is 0 Å². The first kappa shape index (κ1) is 9.46. The van der Waals surface area contributed by atoms with Crippen LogP contribution in [-0.4, -0.2) is 21.6 Å². The fraction of sp³-hybridized carbons (Fsp3) is 1.00. The summed E-state index contributed by atoms with van der Waals surface area (Å²) >= 11 is 0.583. The molecule has 0 spiro atoms. The van der Waals surface area contributed by atoms with Gasteiger partial charge in [0.05, 0.1) is 0 Å². The highest BCUT2D eigenvalue weighted by molar-refractivity contribution is 8.54. The Labute approximate surface area is 57.7 Å². The molecule has 1 atom stereocenters. The van der Waals surface area contributed by atoms with Crippen LogP contribution in [0, 0.1) is 0 Å². The first-order valence-electron chi connectivity index (χ1n) is 2.37. The van der Waals surface area contributed by atoms with Crippen LogP contribution < -0.4 is 5.73 Å². The summed E-state index contributed by atoms with van der Waals surface area (Å²) in [7, 11) is 0. The van der Waals surface area contributed by atoms with Gasteiger partial charge in [0.25, 0.3) is 0 Å². The monoisotopic (exact) mass is 171 g/mol. The first-order chi connectivity index (χ1) is 3.92. The van der Waals surface area contributed by atoms with Crippen molar-refractivity contribution in [3.63, 3.8) is 0 Å². The molecule has 9 heavy (non-hydrogen) atoms. The van der Waals surface area contributed by atoms with Gasteiger partial charge in [-0.1, -0.05) is 0 Å². The number of hydrogen-bond donors (Lipinski definition) is 3. The van der Waals surface area contributed by atoms with Crippen LogP contribution in [0.5, 0.6) is 0 Å². The van der Waals surface area contributed by atoms with E-state index in [1.54, 1.807) is 6.92 Å². The summed E-state index contributed by atoms with van der Waals surface area (Å²) < 4.78 is 10.1. The molecule has 0 aliphatic carbocycles. The van der Waals surface area contributed by atoms with Gasteiger partial charge in [0.1, 0.15) is 0 Å². The maximum Gasteiger partial charge on any atom is 0.384 e. The highest BCUT2D eigenvalue weighted by atomic mass is 32.7. The van der Waals surface area contributed by atoms with Gasteiger partial charge in [-0.2, -0.15) is 0 Å². The molecule has 0 amide bonds. The maximum absolute atomic E-state index is 10.1. The predicted molar refractivity (Wildman–Crippen MR) is 38.2 cm³/mol. The van der Waals surface area contributed by atoms with Gasteiger partial charge in [-0.05, 0) is 18.3 Å². The van der Waals surface area contributed by atoms with E-state index < -0.39 is 6.80 Å². The minimum Gasteiger partial charge on any atom is -0.327 e. The third kappa shape index (κ3) is 8.46. The molecule has 0 aromatic rings. The van der Waals surface area contributed by atoms with E-state index in [2.05, 4.69) is 0 Å². The zero-order valence-electron chi connectivity index (χ0n) is 5.02. The van der Waals surface area contributed by atoms with Crippen molar-refractivity contribution in [2.24, 2.45) is 5.73 Å². The Balaban J connectivity index is 3.40. The second-order valence-corrected chi connectivity index (χ2v) is 5.54. The summed E-state index contributed by atoms with van der Waals surface area (Å²) in [5, 5.41) is 0. The Morgan fingerprint density at radius 2 is 2.22 bits per heavy atom. The van der Waals surface area contributed by atoms with E-state index in [9.17, 15) is 4.57 Å². The van der Waals surface area contributed by atoms with Crippen molar-refractivity contribution >= 4 is 18.2 Å². The summed E-state index contributed by atoms with van der Waals surface area (Å²) in [4.78, 5) is 16.6. The highest BCUT2D eigenvalue weighted by Gasteiger charge is 2.13. The van der Waals surface area contributed by atoms with Crippen LogP contribution in [0.25, 0.3) is 0 Å². The predicted octanol–water partition coefficient (Wildman–Crippen LogP) is 0.160. The molecule has 0 bridgehead atoms. The summed E-state index contributed by atoms with van der Waals surface area (Å²) in [5.41, 5.74) is 5.24. The quantitative estimate of drug-likeness (QED) is 0.527. The minimum absolute atomic E-state index is 0.164. The lowest BCUT2D eigenvalue weighted by atomic mass is 10.4. The van der Waals surface area contributed by atoms with Gasteiger partial charge in [0.2, 0.25) is 0 Å². The van der Waals surface area contributed by atoms with E-state index >= 15 is 0 Å². The molecule has 0 aromatic heterocycles. The topological polar surface area (TPSA) is 83.6 Å². The Morgan fingerprint density at radius 1 is 1.78 bits per heavy atom. The number of rotatable bonds is 3. The van der Waals surface area contributed by atoms with Crippen LogP contribution in [0.3, 0.4) is 0 Å². The maximum atomic E-state index is 10.1. The van der Waals surface area contributed by atoms with Gasteiger partial charge in [0, 0.05) is 11.8 Å². The fourth-order valence-corrected chi connectivity index (χ4v) is 1.93. The van der Waals surface area contributed by atoms with Crippen LogP contribution in [0.15, 0.2) is 0 Å². The van der Waals surface area contributed by atoms with E-state index in [0.717, 1.165) is 0 Å². The van der Waals surface area contributed by atoms with Gasteiger partial charge in [-0.25, -0.2) is 4.57 Å². The Hall–Kier alpha value is 0.460. The van der Waals surface area contributed by atoms with E-state index in [0.29, 0.717) is 17.1 Å². The van der Waals surface area contributed by atoms with E-state index in [4.69, 9.17) is 15.5 Å². The molecule has 0 rings (SSSR count). The smallest absolute Gasteiger partial charge is 0.327 e. The molecule has 1 unspecified atom stereocenters. The Kier molecular flexibility index (Phi) is 3.77. The molecule has 0 aliphatic heterocycles. The SMILES string of the molecule is CC(N)CSP(=O)(O)O. The lowest BCUT2D eigenvalue weighted by Crippen LogP contribution is -2.17. The Morgan fingerprint density at radius 3 is 2.33 bits per heavy atom. The summed E-state index contributed by atoms with van der Waals surface area (Å²) in [6, 6.07) is -0.164. The standard InChI is InChI=1S/C3H10NO3PS/c1-3(4)2-9-8(5,6)7/h3H,2,4H2,1H3,(H2,5,6,7). The van der Waals surface area contributed by atoms with Gasteiger partial charge in [-0.15, -0.1) is 0 Å². The largest absolute Gasteiger partial charge is 0.384 e. The fourth-order valence-electron chi connectivity index (χ4n) is 0.215. The molecular weight excluding hydrogens is 161 g/mol. The third-order valence-corrected chi connectivity index (χ3v) is 2.97. The zero-order valence-corrected chi connectivity index (χ0v) is 6.73. The number of nitrogens with two attached hydrogens (primary N) is 1. The second-order valence-electron chi connectivity index (χ2n) is 1.76. The molecule has 0 fully saturated rings. The average molecular weight is 171 g/mol. The van der Waals surface area contributed by atoms with Crippen LogP contribution >= 0.6 is 18.2 Å². The first-order valence-corrected chi connectivity index (χ1v) is 5.58. The molecule has 4 nitrogen and oxygen atoms in total. The van der Waals surface area contributed by atoms with Crippen LogP contribution in [0.4, 0.5) is 0 Å². The molecule has 56 valence electrons. The molecular formula is C3H10NO3PS. The van der Waals surface area contributed by atoms with Crippen LogP contribution in [-0.2, 0) is 4.57 Å². The third-order valence-electron chi connectivity index (χ3n) is 0.506. The van der Waals surface area contributed by atoms with Crippen molar-refractivity contribution in [2.75, 3.05) is 5.75 Å². The second kappa shape index (κ2) is 3.58. The van der Waals surface area contributed by atoms with E-state index in [1.165, 1.54) is 0 Å². The normalized spacial score (nSPS) is 15.6. The number of hydrogen-bond acceptors (Lipinski definition) is 3. The van der Waals surface area contributed by atoms with Crippen molar-refractivity contribution in [2.45, 2.75) is 13.0 Å². The average Bonchev–Trinajstić information content (AvgIpc) is 1.59. The van der Waals surface area contributed by atoms with Crippen molar-refractivity contribution in [1.82, 2.24) is 0 Å². The molecule has 0 aliphatic rings. The summed E-state index contributed by atoms with van der Waals surface area (Å²) in [5.74, 6) is 0.296. The van der Waals surface area contributed by atoms with Crippen molar-refractivity contribution < 1.29 is 14.4 Å². The highest BCUT2D eigenvalue weighted by Crippen LogP contribution is 2.49. The molecule has 0 saturated heterocycles. The molecule has 0 saturated carbocycles. The molecule has 0 radical (unpaired) electrons. The summed E-state index contributed by atoms with van der Waals surface area (Å²) in [6.45, 7) is -2.19. The van der Waals surface area contributed by atoms with Gasteiger partial charge >= 0.3 is 6.80 Å². The van der Waals surface area contributed by atoms with Crippen molar-refractivity contribution in [3.05, 3.63) is 0 Å². The Bertz CT molecular complexity index is 122. The van der Waals surface area contributed by atoms with Crippen molar-refractivity contribution in [1.29, 1.82) is 0 Å². The van der Waals surface area contributed by atoms with Gasteiger partial charge in [0.15, 0.2) is 0 Å². The van der Waals surface area contributed by atoms with Gasteiger partial charge < -0.3 is 15.5 Å².